The topological polar surface area (TPSA) is 27.2 Å². The zero-order chi connectivity index (χ0) is 14.9. The van der Waals surface area contributed by atoms with Gasteiger partial charge in [0.2, 0.25) is 4.77 Å². The van der Waals surface area contributed by atoms with Crippen LogP contribution in [0.2, 0.25) is 0 Å². The molecule has 2 fully saturated rings. The van der Waals surface area contributed by atoms with Crippen molar-refractivity contribution in [1.82, 2.24) is 14.3 Å². The molecule has 1 aliphatic heterocycles. The van der Waals surface area contributed by atoms with Gasteiger partial charge in [-0.1, -0.05) is 30.3 Å². The minimum Gasteiger partial charge on any atom is -0.316 e. The number of nitrogens with one attached hydrogen (secondary N) is 1. The van der Waals surface area contributed by atoms with Crippen molar-refractivity contribution in [2.24, 2.45) is 0 Å². The van der Waals surface area contributed by atoms with Crippen LogP contribution in [-0.4, -0.2) is 27.4 Å². The lowest BCUT2D eigenvalue weighted by Crippen LogP contribution is -3.09. The van der Waals surface area contributed by atoms with Crippen molar-refractivity contribution in [3.8, 4) is 0 Å². The fourth-order valence-electron chi connectivity index (χ4n) is 3.36. The number of likely N-dealkylation sites (tertiary alicyclic amines) is 1. The number of aromatic nitrogens is 3. The molecule has 1 aliphatic carbocycles. The molecule has 0 unspecified atom stereocenters. The maximum Gasteiger partial charge on any atom is 0.203 e. The average Bonchev–Trinajstić information content (AvgIpc) is 3.18. The van der Waals surface area contributed by atoms with Gasteiger partial charge in [-0.2, -0.15) is 9.78 Å². The van der Waals surface area contributed by atoms with Crippen LogP contribution in [0.5, 0.6) is 0 Å². The van der Waals surface area contributed by atoms with Gasteiger partial charge in [0.15, 0.2) is 6.67 Å². The highest BCUT2D eigenvalue weighted by molar-refractivity contribution is 7.71. The molecule has 0 bridgehead atoms. The van der Waals surface area contributed by atoms with Crippen LogP contribution in [-0.2, 0) is 13.2 Å². The van der Waals surface area contributed by atoms with Crippen molar-refractivity contribution in [2.45, 2.75) is 44.8 Å². The second-order valence-electron chi connectivity index (χ2n) is 6.60. The summed E-state index contributed by atoms with van der Waals surface area (Å²) in [6.45, 7) is 4.29. The molecule has 0 amide bonds. The molecule has 1 aromatic heterocycles. The summed E-state index contributed by atoms with van der Waals surface area (Å²) in [6, 6.07) is 10.6. The summed E-state index contributed by atoms with van der Waals surface area (Å²) in [5, 5.41) is 4.89. The molecule has 116 valence electrons. The maximum atomic E-state index is 5.74. The molecule has 2 aliphatic rings. The largest absolute Gasteiger partial charge is 0.316 e. The zero-order valence-electron chi connectivity index (χ0n) is 12.9. The second-order valence-corrected chi connectivity index (χ2v) is 6.97. The van der Waals surface area contributed by atoms with E-state index in [4.69, 9.17) is 17.3 Å². The molecule has 2 aromatic rings. The van der Waals surface area contributed by atoms with Crippen LogP contribution < -0.4 is 4.90 Å². The number of rotatable bonds is 5. The molecule has 1 aromatic carbocycles. The van der Waals surface area contributed by atoms with Gasteiger partial charge >= 0.3 is 0 Å². The third-order valence-corrected chi connectivity index (χ3v) is 5.19. The van der Waals surface area contributed by atoms with Gasteiger partial charge in [0.05, 0.1) is 19.6 Å². The van der Waals surface area contributed by atoms with Crippen molar-refractivity contribution < 1.29 is 4.90 Å². The first-order valence-corrected chi connectivity index (χ1v) is 8.77. The summed E-state index contributed by atoms with van der Waals surface area (Å²) >= 11 is 5.74. The van der Waals surface area contributed by atoms with Crippen molar-refractivity contribution in [3.63, 3.8) is 0 Å². The van der Waals surface area contributed by atoms with Crippen LogP contribution in [0.15, 0.2) is 30.3 Å². The lowest BCUT2D eigenvalue weighted by molar-refractivity contribution is -0.911. The third kappa shape index (κ3) is 2.88. The number of hydrogen-bond acceptors (Lipinski definition) is 2. The molecule has 22 heavy (non-hydrogen) atoms. The van der Waals surface area contributed by atoms with E-state index in [2.05, 4.69) is 39.6 Å². The average molecular weight is 315 g/mol. The predicted octanol–water partition coefficient (Wildman–Crippen LogP) is 1.98. The van der Waals surface area contributed by atoms with Gasteiger partial charge in [0.1, 0.15) is 5.82 Å². The Morgan fingerprint density at radius 1 is 1.14 bits per heavy atom. The quantitative estimate of drug-likeness (QED) is 0.854. The van der Waals surface area contributed by atoms with E-state index >= 15 is 0 Å². The molecule has 5 heteroatoms. The van der Waals surface area contributed by atoms with Crippen LogP contribution in [0.1, 0.15) is 43.0 Å². The van der Waals surface area contributed by atoms with Crippen LogP contribution in [0.25, 0.3) is 0 Å². The lowest BCUT2D eigenvalue weighted by atomic mass is 10.2. The standard InChI is InChI=1S/C17H22N4S/c22-17-20(12-14-6-2-1-3-7-14)16(15-8-9-15)18-21(17)13-19-10-4-5-11-19/h1-3,6-7,15H,4-5,8-13H2/p+1. The first-order valence-electron chi connectivity index (χ1n) is 8.36. The highest BCUT2D eigenvalue weighted by atomic mass is 32.1. The maximum absolute atomic E-state index is 5.74. The van der Waals surface area contributed by atoms with Crippen LogP contribution >= 0.6 is 12.2 Å². The highest BCUT2D eigenvalue weighted by Crippen LogP contribution is 2.39. The lowest BCUT2D eigenvalue weighted by Gasteiger charge is -2.11. The molecule has 1 saturated heterocycles. The normalized spacial score (nSPS) is 18.9. The summed E-state index contributed by atoms with van der Waals surface area (Å²) in [6.07, 6.45) is 5.19. The van der Waals surface area contributed by atoms with Gasteiger partial charge in [-0.25, -0.2) is 0 Å². The predicted molar refractivity (Wildman–Crippen MR) is 88.5 cm³/mol. The smallest absolute Gasteiger partial charge is 0.203 e. The molecule has 0 spiro atoms. The van der Waals surface area contributed by atoms with E-state index in [0.717, 1.165) is 18.0 Å². The molecular formula is C17H23N4S+. The molecule has 0 atom stereocenters. The Labute approximate surface area is 136 Å². The molecule has 4 nitrogen and oxygen atoms in total. The van der Waals surface area contributed by atoms with Crippen molar-refractivity contribution in [1.29, 1.82) is 0 Å². The van der Waals surface area contributed by atoms with E-state index < -0.39 is 0 Å². The monoisotopic (exact) mass is 315 g/mol. The second kappa shape index (κ2) is 5.97. The van der Waals surface area contributed by atoms with Crippen molar-refractivity contribution in [2.75, 3.05) is 13.1 Å². The van der Waals surface area contributed by atoms with E-state index in [1.807, 2.05) is 0 Å². The van der Waals surface area contributed by atoms with E-state index in [9.17, 15) is 0 Å². The first-order chi connectivity index (χ1) is 10.8. The molecule has 2 heterocycles. The van der Waals surface area contributed by atoms with E-state index in [0.29, 0.717) is 5.92 Å². The summed E-state index contributed by atoms with van der Waals surface area (Å²) in [5.74, 6) is 1.83. The molecule has 1 N–H and O–H groups in total. The third-order valence-electron chi connectivity index (χ3n) is 4.76. The number of nitrogens with zero attached hydrogens (tertiary/aromatic N) is 3. The van der Waals surface area contributed by atoms with Crippen LogP contribution in [0.3, 0.4) is 0 Å². The summed E-state index contributed by atoms with van der Waals surface area (Å²) < 4.78 is 5.23. The van der Waals surface area contributed by atoms with Crippen molar-refractivity contribution in [3.05, 3.63) is 46.5 Å². The molecular weight excluding hydrogens is 292 g/mol. The number of hydrogen-bond donors (Lipinski definition) is 1. The van der Waals surface area contributed by atoms with E-state index in [1.54, 1.807) is 4.90 Å². The Hall–Kier alpha value is -1.46. The van der Waals surface area contributed by atoms with E-state index in [1.165, 1.54) is 50.2 Å². The van der Waals surface area contributed by atoms with Gasteiger partial charge in [-0.3, -0.25) is 4.57 Å². The van der Waals surface area contributed by atoms with E-state index in [-0.39, 0.29) is 0 Å². The Morgan fingerprint density at radius 3 is 2.55 bits per heavy atom. The minimum atomic E-state index is 0.625. The molecule has 4 rings (SSSR count). The van der Waals surface area contributed by atoms with Crippen LogP contribution in [0.4, 0.5) is 0 Å². The number of quaternary nitrogens is 1. The highest BCUT2D eigenvalue weighted by Gasteiger charge is 2.30. The zero-order valence-corrected chi connectivity index (χ0v) is 13.7. The summed E-state index contributed by atoms with van der Waals surface area (Å²) in [7, 11) is 0. The number of benzene rings is 1. The Bertz CT molecular complexity index is 693. The Morgan fingerprint density at radius 2 is 1.86 bits per heavy atom. The van der Waals surface area contributed by atoms with Crippen molar-refractivity contribution >= 4 is 12.2 Å². The Balaban J connectivity index is 1.63. The van der Waals surface area contributed by atoms with Crippen LogP contribution in [0, 0.1) is 4.77 Å². The minimum absolute atomic E-state index is 0.625. The molecule has 0 radical (unpaired) electrons. The SMILES string of the molecule is S=c1n(C[NH+]2CCCC2)nc(C2CC2)n1Cc1ccccc1. The fourth-order valence-corrected chi connectivity index (χ4v) is 3.63. The van der Waals surface area contributed by atoms with Gasteiger partial charge in [0, 0.05) is 18.8 Å². The summed E-state index contributed by atoms with van der Waals surface area (Å²) in [5.41, 5.74) is 1.30. The fraction of sp³-hybridized carbons (Fsp3) is 0.529. The van der Waals surface area contributed by atoms with Gasteiger partial charge in [-0.15, -0.1) is 0 Å². The molecule has 1 saturated carbocycles. The Kier molecular flexibility index (Phi) is 3.84. The van der Waals surface area contributed by atoms with Gasteiger partial charge in [-0.05, 0) is 30.6 Å². The summed E-state index contributed by atoms with van der Waals surface area (Å²) in [4.78, 5) is 1.61. The first kappa shape index (κ1) is 14.2. The van der Waals surface area contributed by atoms with Gasteiger partial charge < -0.3 is 4.90 Å². The van der Waals surface area contributed by atoms with Gasteiger partial charge in [0.25, 0.3) is 0 Å².